The molecule has 0 aromatic heterocycles. The van der Waals surface area contributed by atoms with Crippen LogP contribution in [0.25, 0.3) is 0 Å². The van der Waals surface area contributed by atoms with Gasteiger partial charge in [-0.15, -0.1) is 0 Å². The summed E-state index contributed by atoms with van der Waals surface area (Å²) in [5.74, 6) is -0.279. The van der Waals surface area contributed by atoms with E-state index in [2.05, 4.69) is 22.2 Å². The molecule has 0 spiro atoms. The van der Waals surface area contributed by atoms with E-state index in [1.165, 1.54) is 13.2 Å². The van der Waals surface area contributed by atoms with Gasteiger partial charge in [0.2, 0.25) is 5.91 Å². The molecular weight excluding hydrogens is 278 g/mol. The highest BCUT2D eigenvalue weighted by Gasteiger charge is 2.16. The minimum atomic E-state index is -0.462. The average molecular weight is 294 g/mol. The predicted molar refractivity (Wildman–Crippen MR) is 77.9 cm³/mol. The van der Waals surface area contributed by atoms with Crippen molar-refractivity contribution in [3.05, 3.63) is 40.9 Å². The number of hydrogen-bond donors (Lipinski definition) is 1. The number of rotatable bonds is 4. The summed E-state index contributed by atoms with van der Waals surface area (Å²) in [5, 5.41) is 3.14. The molecule has 1 aromatic carbocycles. The number of carbonyl (C=O) groups is 2. The fraction of sp³-hybridized carbons (Fsp3) is 0.333. The van der Waals surface area contributed by atoms with Crippen molar-refractivity contribution in [2.24, 2.45) is 5.92 Å². The lowest BCUT2D eigenvalue weighted by Gasteiger charge is -2.11. The summed E-state index contributed by atoms with van der Waals surface area (Å²) in [6.07, 6.45) is 6.60. The molecule has 0 fully saturated rings. The van der Waals surface area contributed by atoms with Crippen LogP contribution in [-0.4, -0.2) is 19.0 Å². The Hall–Kier alpha value is -1.81. The molecule has 106 valence electrons. The maximum Gasteiger partial charge on any atom is 0.337 e. The lowest BCUT2D eigenvalue weighted by Crippen LogP contribution is -2.15. The Kier molecular flexibility index (Phi) is 4.79. The fourth-order valence-electron chi connectivity index (χ4n) is 2.17. The van der Waals surface area contributed by atoms with Crippen molar-refractivity contribution in [2.45, 2.75) is 19.3 Å². The normalized spacial score (nSPS) is 17.0. The number of ether oxygens (including phenoxy) is 1. The summed E-state index contributed by atoms with van der Waals surface area (Å²) in [4.78, 5) is 23.4. The van der Waals surface area contributed by atoms with E-state index in [9.17, 15) is 9.59 Å². The number of benzene rings is 1. The summed E-state index contributed by atoms with van der Waals surface area (Å²) in [7, 11) is 1.31. The van der Waals surface area contributed by atoms with Crippen molar-refractivity contribution in [3.8, 4) is 0 Å². The summed E-state index contributed by atoms with van der Waals surface area (Å²) >= 11 is 6.02. The topological polar surface area (TPSA) is 55.4 Å². The molecule has 1 aromatic rings. The Bertz CT molecular complexity index is 554. The zero-order chi connectivity index (χ0) is 14.5. The van der Waals surface area contributed by atoms with Crippen LogP contribution < -0.4 is 5.32 Å². The van der Waals surface area contributed by atoms with Gasteiger partial charge in [-0.2, -0.15) is 0 Å². The first-order chi connectivity index (χ1) is 9.60. The summed E-state index contributed by atoms with van der Waals surface area (Å²) in [6, 6.07) is 4.65. The van der Waals surface area contributed by atoms with E-state index >= 15 is 0 Å². The average Bonchev–Trinajstić information content (AvgIpc) is 2.93. The van der Waals surface area contributed by atoms with Crippen LogP contribution in [0.1, 0.15) is 29.6 Å². The van der Waals surface area contributed by atoms with Gasteiger partial charge >= 0.3 is 5.97 Å². The SMILES string of the molecule is COC(=O)c1ccc(Cl)c(NC(=O)CC2C=CCC2)c1. The first kappa shape index (κ1) is 14.6. The number of amides is 1. The van der Waals surface area contributed by atoms with Gasteiger partial charge in [-0.25, -0.2) is 4.79 Å². The van der Waals surface area contributed by atoms with E-state index in [0.717, 1.165) is 12.8 Å². The molecule has 0 heterocycles. The molecule has 0 saturated heterocycles. The van der Waals surface area contributed by atoms with Gasteiger partial charge < -0.3 is 10.1 Å². The Morgan fingerprint density at radius 3 is 2.90 bits per heavy atom. The van der Waals surface area contributed by atoms with Crippen LogP contribution in [0.2, 0.25) is 5.02 Å². The number of allylic oxidation sites excluding steroid dienone is 2. The van der Waals surface area contributed by atoms with Crippen LogP contribution in [0, 0.1) is 5.92 Å². The molecule has 4 nitrogen and oxygen atoms in total. The van der Waals surface area contributed by atoms with Crippen molar-refractivity contribution in [1.82, 2.24) is 0 Å². The molecule has 0 radical (unpaired) electrons. The van der Waals surface area contributed by atoms with Crippen molar-refractivity contribution in [3.63, 3.8) is 0 Å². The van der Waals surface area contributed by atoms with Crippen LogP contribution >= 0.6 is 11.6 Å². The highest BCUT2D eigenvalue weighted by atomic mass is 35.5. The first-order valence-corrected chi connectivity index (χ1v) is 6.82. The van der Waals surface area contributed by atoms with Crippen LogP contribution in [0.3, 0.4) is 0 Å². The van der Waals surface area contributed by atoms with Gasteiger partial charge in [0.25, 0.3) is 0 Å². The largest absolute Gasteiger partial charge is 0.465 e. The number of halogens is 1. The fourth-order valence-corrected chi connectivity index (χ4v) is 2.34. The molecule has 0 bridgehead atoms. The maximum absolute atomic E-state index is 12.0. The Labute approximate surface area is 122 Å². The van der Waals surface area contributed by atoms with Crippen molar-refractivity contribution < 1.29 is 14.3 Å². The van der Waals surface area contributed by atoms with E-state index in [4.69, 9.17) is 11.6 Å². The van der Waals surface area contributed by atoms with Gasteiger partial charge in [-0.1, -0.05) is 23.8 Å². The molecule has 2 rings (SSSR count). The minimum absolute atomic E-state index is 0.106. The maximum atomic E-state index is 12.0. The van der Waals surface area contributed by atoms with Gasteiger partial charge in [0.15, 0.2) is 0 Å². The molecule has 0 saturated carbocycles. The van der Waals surface area contributed by atoms with Crippen LogP contribution in [0.15, 0.2) is 30.4 Å². The van der Waals surface area contributed by atoms with Gasteiger partial charge in [0.05, 0.1) is 23.4 Å². The summed E-state index contributed by atoms with van der Waals surface area (Å²) < 4.78 is 4.64. The van der Waals surface area contributed by atoms with Crippen LogP contribution in [0.5, 0.6) is 0 Å². The zero-order valence-corrected chi connectivity index (χ0v) is 11.9. The van der Waals surface area contributed by atoms with Gasteiger partial charge in [-0.05, 0) is 37.0 Å². The Morgan fingerprint density at radius 2 is 2.25 bits per heavy atom. The Balaban J connectivity index is 2.05. The number of anilines is 1. The second kappa shape index (κ2) is 6.57. The molecule has 1 aliphatic carbocycles. The van der Waals surface area contributed by atoms with E-state index in [0.29, 0.717) is 22.7 Å². The number of esters is 1. The molecule has 1 atom stereocenters. The zero-order valence-electron chi connectivity index (χ0n) is 11.2. The van der Waals surface area contributed by atoms with E-state index < -0.39 is 5.97 Å². The second-order valence-corrected chi connectivity index (χ2v) is 5.11. The number of nitrogens with one attached hydrogen (secondary N) is 1. The highest BCUT2D eigenvalue weighted by molar-refractivity contribution is 6.33. The van der Waals surface area contributed by atoms with Crippen LogP contribution in [-0.2, 0) is 9.53 Å². The number of methoxy groups -OCH3 is 1. The lowest BCUT2D eigenvalue weighted by atomic mass is 10.0. The third-order valence-corrected chi connectivity index (χ3v) is 3.55. The standard InChI is InChI=1S/C15H16ClNO3/c1-20-15(19)11-6-7-12(16)13(9-11)17-14(18)8-10-4-2-3-5-10/h2,4,6-7,9-10H,3,5,8H2,1H3,(H,17,18). The second-order valence-electron chi connectivity index (χ2n) is 4.70. The highest BCUT2D eigenvalue weighted by Crippen LogP contribution is 2.25. The monoisotopic (exact) mass is 293 g/mol. The Morgan fingerprint density at radius 1 is 1.45 bits per heavy atom. The smallest absolute Gasteiger partial charge is 0.337 e. The molecule has 1 unspecified atom stereocenters. The van der Waals surface area contributed by atoms with E-state index in [-0.39, 0.29) is 11.8 Å². The third-order valence-electron chi connectivity index (χ3n) is 3.22. The van der Waals surface area contributed by atoms with Gasteiger partial charge in [0, 0.05) is 6.42 Å². The lowest BCUT2D eigenvalue weighted by molar-refractivity contribution is -0.116. The molecule has 0 aliphatic heterocycles. The van der Waals surface area contributed by atoms with Crippen LogP contribution in [0.4, 0.5) is 5.69 Å². The third kappa shape index (κ3) is 3.61. The molecular formula is C15H16ClNO3. The van der Waals surface area contributed by atoms with E-state index in [1.807, 2.05) is 0 Å². The molecule has 5 heteroatoms. The van der Waals surface area contributed by atoms with Crippen molar-refractivity contribution in [2.75, 3.05) is 12.4 Å². The van der Waals surface area contributed by atoms with Crippen molar-refractivity contribution in [1.29, 1.82) is 0 Å². The molecule has 20 heavy (non-hydrogen) atoms. The first-order valence-electron chi connectivity index (χ1n) is 6.44. The van der Waals surface area contributed by atoms with Gasteiger partial charge in [-0.3, -0.25) is 4.79 Å². The quantitative estimate of drug-likeness (QED) is 0.683. The molecule has 1 amide bonds. The number of hydrogen-bond acceptors (Lipinski definition) is 3. The minimum Gasteiger partial charge on any atom is -0.465 e. The van der Waals surface area contributed by atoms with Gasteiger partial charge in [0.1, 0.15) is 0 Å². The molecule has 1 N–H and O–H groups in total. The predicted octanol–water partition coefficient (Wildman–Crippen LogP) is 3.42. The summed E-state index contributed by atoms with van der Waals surface area (Å²) in [6.45, 7) is 0. The molecule has 1 aliphatic rings. The van der Waals surface area contributed by atoms with Crippen molar-refractivity contribution >= 4 is 29.2 Å². The summed E-state index contributed by atoms with van der Waals surface area (Å²) in [5.41, 5.74) is 0.787. The van der Waals surface area contributed by atoms with E-state index in [1.54, 1.807) is 12.1 Å². The number of carbonyl (C=O) groups excluding carboxylic acids is 2.